The van der Waals surface area contributed by atoms with Gasteiger partial charge in [-0.25, -0.2) is 9.78 Å². The molecule has 10 heteroatoms. The number of anilines is 1. The average Bonchev–Trinajstić information content (AvgIpc) is 3.36. The van der Waals surface area contributed by atoms with Gasteiger partial charge in [0, 0.05) is 30.3 Å². The number of nitrogens with zero attached hydrogens (tertiary/aromatic N) is 4. The summed E-state index contributed by atoms with van der Waals surface area (Å²) in [6, 6.07) is 2.11. The minimum Gasteiger partial charge on any atom is -0.480 e. The summed E-state index contributed by atoms with van der Waals surface area (Å²) >= 11 is 0. The summed E-state index contributed by atoms with van der Waals surface area (Å²) in [5.41, 5.74) is 1.48. The van der Waals surface area contributed by atoms with Gasteiger partial charge < -0.3 is 19.7 Å². The summed E-state index contributed by atoms with van der Waals surface area (Å²) in [5, 5.41) is 9.95. The van der Waals surface area contributed by atoms with Crippen molar-refractivity contribution in [2.75, 3.05) is 19.0 Å². The number of carbonyl (C=O) groups excluding carboxylic acids is 2. The fourth-order valence-electron chi connectivity index (χ4n) is 3.83. The van der Waals surface area contributed by atoms with Crippen molar-refractivity contribution in [1.82, 2.24) is 25.1 Å². The third-order valence-electron chi connectivity index (χ3n) is 5.74. The summed E-state index contributed by atoms with van der Waals surface area (Å²) in [6.45, 7) is 2.81. The van der Waals surface area contributed by atoms with E-state index in [4.69, 9.17) is 9.47 Å². The first-order valence-electron chi connectivity index (χ1n) is 10.2. The molecule has 0 spiro atoms. The Hall–Kier alpha value is -3.17. The molecule has 2 aromatic rings. The van der Waals surface area contributed by atoms with Gasteiger partial charge in [-0.1, -0.05) is 0 Å². The van der Waals surface area contributed by atoms with Gasteiger partial charge in [0.1, 0.15) is 6.10 Å². The third-order valence-corrected chi connectivity index (χ3v) is 5.74. The zero-order chi connectivity index (χ0) is 21.1. The lowest BCUT2D eigenvalue weighted by molar-refractivity contribution is -0.115. The average molecular weight is 414 g/mol. The van der Waals surface area contributed by atoms with Crippen LogP contribution < -0.4 is 10.1 Å². The van der Waals surface area contributed by atoms with Crippen LogP contribution >= 0.6 is 0 Å². The Kier molecular flexibility index (Phi) is 5.82. The molecule has 3 heterocycles. The first kappa shape index (κ1) is 20.1. The largest absolute Gasteiger partial charge is 0.480 e. The smallest absolute Gasteiger partial charge is 0.410 e. The highest BCUT2D eigenvalue weighted by Crippen LogP contribution is 2.36. The lowest BCUT2D eigenvalue weighted by Gasteiger charge is -2.38. The molecule has 10 nitrogen and oxygen atoms in total. The predicted molar refractivity (Wildman–Crippen MR) is 107 cm³/mol. The molecule has 0 aromatic carbocycles. The SMILES string of the molecule is COc1cnc(CC(=O)Nc2cc([C@H]3CC[C@@H](OC(=O)N4CC[C@@H]4C)C3)[nH]n2)cn1. The predicted octanol–water partition coefficient (Wildman–Crippen LogP) is 2.26. The number of carbonyl (C=O) groups is 2. The Morgan fingerprint density at radius 3 is 2.80 bits per heavy atom. The van der Waals surface area contributed by atoms with Crippen molar-refractivity contribution >= 4 is 17.8 Å². The zero-order valence-electron chi connectivity index (χ0n) is 17.1. The first-order valence-corrected chi connectivity index (χ1v) is 10.2. The lowest BCUT2D eigenvalue weighted by atomic mass is 10.0. The van der Waals surface area contributed by atoms with Crippen LogP contribution in [-0.4, -0.2) is 62.9 Å². The van der Waals surface area contributed by atoms with Gasteiger partial charge in [-0.3, -0.25) is 14.9 Å². The van der Waals surface area contributed by atoms with Crippen LogP contribution in [0.4, 0.5) is 10.6 Å². The fourth-order valence-corrected chi connectivity index (χ4v) is 3.83. The van der Waals surface area contributed by atoms with Crippen molar-refractivity contribution in [3.63, 3.8) is 0 Å². The van der Waals surface area contributed by atoms with E-state index in [1.54, 1.807) is 4.90 Å². The number of ether oxygens (including phenoxy) is 2. The maximum absolute atomic E-state index is 12.2. The van der Waals surface area contributed by atoms with Crippen molar-refractivity contribution in [3.05, 3.63) is 29.8 Å². The molecule has 3 atom stereocenters. The number of H-pyrrole nitrogens is 1. The van der Waals surface area contributed by atoms with Crippen molar-refractivity contribution in [2.45, 2.75) is 57.1 Å². The Morgan fingerprint density at radius 1 is 1.27 bits per heavy atom. The quantitative estimate of drug-likeness (QED) is 0.743. The van der Waals surface area contributed by atoms with Gasteiger partial charge in [0.25, 0.3) is 0 Å². The Labute approximate surface area is 174 Å². The Bertz CT molecular complexity index is 899. The van der Waals surface area contributed by atoms with E-state index in [1.807, 2.05) is 13.0 Å². The second-order valence-corrected chi connectivity index (χ2v) is 7.83. The van der Waals surface area contributed by atoms with Gasteiger partial charge in [0.15, 0.2) is 5.82 Å². The maximum Gasteiger partial charge on any atom is 0.410 e. The van der Waals surface area contributed by atoms with E-state index < -0.39 is 0 Å². The number of amides is 2. The molecule has 1 saturated carbocycles. The normalized spacial score (nSPS) is 23.0. The van der Waals surface area contributed by atoms with Crippen LogP contribution in [0.5, 0.6) is 5.88 Å². The number of aromatic nitrogens is 4. The standard InChI is InChI=1S/C20H26N6O4/c1-12-5-6-26(12)20(28)30-15-4-3-13(7-15)16-9-17(25-24-16)23-18(27)8-14-10-22-19(29-2)11-21-14/h9-13,15H,3-8H2,1-2H3,(H2,23,24,25,27)/t12-,13-,15+/m0/s1. The maximum atomic E-state index is 12.2. The van der Waals surface area contributed by atoms with Gasteiger partial charge in [0.05, 0.1) is 31.6 Å². The van der Waals surface area contributed by atoms with Gasteiger partial charge >= 0.3 is 6.09 Å². The molecule has 0 unspecified atom stereocenters. The van der Waals surface area contributed by atoms with Crippen LogP contribution in [0, 0.1) is 0 Å². The van der Waals surface area contributed by atoms with Gasteiger partial charge in [-0.05, 0) is 32.6 Å². The summed E-state index contributed by atoms with van der Waals surface area (Å²) in [6.07, 6.45) is 6.32. The molecule has 2 amide bonds. The molecule has 0 radical (unpaired) electrons. The van der Waals surface area contributed by atoms with Gasteiger partial charge in [-0.2, -0.15) is 5.10 Å². The van der Waals surface area contributed by atoms with Crippen LogP contribution in [0.1, 0.15) is 49.9 Å². The van der Waals surface area contributed by atoms with E-state index in [0.717, 1.165) is 37.9 Å². The third kappa shape index (κ3) is 4.52. The summed E-state index contributed by atoms with van der Waals surface area (Å²) in [4.78, 5) is 34.3. The summed E-state index contributed by atoms with van der Waals surface area (Å²) in [7, 11) is 1.51. The van der Waals surface area contributed by atoms with Crippen LogP contribution in [0.25, 0.3) is 0 Å². The summed E-state index contributed by atoms with van der Waals surface area (Å²) in [5.74, 6) is 0.860. The Balaban J connectivity index is 1.26. The van der Waals surface area contributed by atoms with Crippen LogP contribution in [0.3, 0.4) is 0 Å². The number of aromatic amines is 1. The van der Waals surface area contributed by atoms with E-state index in [0.29, 0.717) is 17.4 Å². The van der Waals surface area contributed by atoms with Gasteiger partial charge in [0.2, 0.25) is 11.8 Å². The van der Waals surface area contributed by atoms with Crippen LogP contribution in [0.2, 0.25) is 0 Å². The van der Waals surface area contributed by atoms with Crippen LogP contribution in [-0.2, 0) is 16.0 Å². The molecule has 4 rings (SSSR count). The lowest BCUT2D eigenvalue weighted by Crippen LogP contribution is -2.50. The molecule has 2 N–H and O–H groups in total. The molecule has 1 saturated heterocycles. The highest BCUT2D eigenvalue weighted by Gasteiger charge is 2.34. The fraction of sp³-hybridized carbons (Fsp3) is 0.550. The van der Waals surface area contributed by atoms with Crippen molar-refractivity contribution in [1.29, 1.82) is 0 Å². The number of methoxy groups -OCH3 is 1. The highest BCUT2D eigenvalue weighted by molar-refractivity contribution is 5.91. The molecular formula is C20H26N6O4. The monoisotopic (exact) mass is 414 g/mol. The highest BCUT2D eigenvalue weighted by atomic mass is 16.6. The topological polar surface area (TPSA) is 122 Å². The zero-order valence-corrected chi connectivity index (χ0v) is 17.1. The first-order chi connectivity index (χ1) is 14.5. The number of likely N-dealkylation sites (tertiary alicyclic amines) is 1. The molecule has 1 aliphatic carbocycles. The van der Waals surface area contributed by atoms with E-state index in [-0.39, 0.29) is 36.5 Å². The van der Waals surface area contributed by atoms with E-state index >= 15 is 0 Å². The van der Waals surface area contributed by atoms with Crippen LogP contribution in [0.15, 0.2) is 18.5 Å². The second kappa shape index (κ2) is 8.68. The van der Waals surface area contributed by atoms with E-state index in [1.165, 1.54) is 19.5 Å². The minimum atomic E-state index is -0.227. The molecule has 1 aliphatic heterocycles. The molecule has 0 bridgehead atoms. The Morgan fingerprint density at radius 2 is 2.13 bits per heavy atom. The molecule has 2 fully saturated rings. The van der Waals surface area contributed by atoms with E-state index in [9.17, 15) is 9.59 Å². The minimum absolute atomic E-state index is 0.0784. The molecule has 160 valence electrons. The second-order valence-electron chi connectivity index (χ2n) is 7.83. The molecule has 2 aromatic heterocycles. The number of hydrogen-bond donors (Lipinski definition) is 2. The summed E-state index contributed by atoms with van der Waals surface area (Å²) < 4.78 is 10.6. The van der Waals surface area contributed by atoms with Crippen molar-refractivity contribution in [3.8, 4) is 5.88 Å². The number of rotatable bonds is 6. The molecular weight excluding hydrogens is 388 g/mol. The van der Waals surface area contributed by atoms with E-state index in [2.05, 4.69) is 25.5 Å². The molecule has 30 heavy (non-hydrogen) atoms. The van der Waals surface area contributed by atoms with Gasteiger partial charge in [-0.15, -0.1) is 0 Å². The number of hydrogen-bond acceptors (Lipinski definition) is 7. The van der Waals surface area contributed by atoms with Crippen molar-refractivity contribution in [2.24, 2.45) is 0 Å². The number of nitrogens with one attached hydrogen (secondary N) is 2. The molecule has 2 aliphatic rings. The van der Waals surface area contributed by atoms with Crippen molar-refractivity contribution < 1.29 is 19.1 Å².